The van der Waals surface area contributed by atoms with Crippen molar-refractivity contribution in [2.45, 2.75) is 38.9 Å². The van der Waals surface area contributed by atoms with Crippen LogP contribution in [-0.4, -0.2) is 28.5 Å². The molecule has 3 rings (SSSR count). The van der Waals surface area contributed by atoms with Gasteiger partial charge in [0.15, 0.2) is 0 Å². The molecule has 2 aromatic rings. The van der Waals surface area contributed by atoms with Crippen molar-refractivity contribution in [1.82, 2.24) is 10.2 Å². The van der Waals surface area contributed by atoms with E-state index >= 15 is 0 Å². The zero-order valence-electron chi connectivity index (χ0n) is 11.5. The van der Waals surface area contributed by atoms with Crippen LogP contribution in [0.1, 0.15) is 27.7 Å². The van der Waals surface area contributed by atoms with Gasteiger partial charge in [-0.1, -0.05) is 12.1 Å². The summed E-state index contributed by atoms with van der Waals surface area (Å²) in [6, 6.07) is 5.38. The van der Waals surface area contributed by atoms with Crippen LogP contribution >= 0.6 is 0 Å². The minimum absolute atomic E-state index is 0.431. The van der Waals surface area contributed by atoms with E-state index in [1.807, 2.05) is 39.8 Å². The van der Waals surface area contributed by atoms with Crippen molar-refractivity contribution in [3.8, 4) is 0 Å². The first kappa shape index (κ1) is 12.6. The molecule has 1 N–H and O–H groups in total. The van der Waals surface area contributed by atoms with Crippen molar-refractivity contribution in [3.05, 3.63) is 24.1 Å². The van der Waals surface area contributed by atoms with Crippen LogP contribution in [-0.2, 0) is 9.31 Å². The molecule has 0 spiro atoms. The Hall–Kier alpha value is -1.40. The third kappa shape index (κ3) is 1.78. The van der Waals surface area contributed by atoms with Crippen LogP contribution < -0.4 is 5.46 Å². The molecule has 4 nitrogen and oxygen atoms in total. The highest BCUT2D eigenvalue weighted by Crippen LogP contribution is 2.37. The lowest BCUT2D eigenvalue weighted by molar-refractivity contribution is 0.00578. The van der Waals surface area contributed by atoms with E-state index in [2.05, 4.69) is 10.2 Å². The molecule has 0 atom stereocenters. The highest BCUT2D eigenvalue weighted by molar-refractivity contribution is 6.65. The molecule has 1 aromatic carbocycles. The van der Waals surface area contributed by atoms with Gasteiger partial charge in [-0.2, -0.15) is 9.49 Å². The molecule has 0 radical (unpaired) electrons. The second kappa shape index (κ2) is 3.80. The number of hydrogen-bond acceptors (Lipinski definition) is 3. The summed E-state index contributed by atoms with van der Waals surface area (Å²) in [6.45, 7) is 7.88. The van der Waals surface area contributed by atoms with Gasteiger partial charge in [-0.05, 0) is 39.2 Å². The van der Waals surface area contributed by atoms with E-state index in [1.54, 1.807) is 6.07 Å². The predicted molar refractivity (Wildman–Crippen MR) is 71.8 cm³/mol. The molecule has 1 saturated heterocycles. The van der Waals surface area contributed by atoms with Crippen LogP contribution in [0.4, 0.5) is 4.39 Å². The van der Waals surface area contributed by atoms with Gasteiger partial charge in [0.25, 0.3) is 0 Å². The van der Waals surface area contributed by atoms with E-state index in [0.717, 1.165) is 0 Å². The molecule has 0 unspecified atom stereocenters. The summed E-state index contributed by atoms with van der Waals surface area (Å²) in [6.07, 6.45) is 0. The largest absolute Gasteiger partial charge is 0.495 e. The lowest BCUT2D eigenvalue weighted by Crippen LogP contribution is -2.41. The fraction of sp³-hybridized carbons (Fsp3) is 0.462. The number of rotatable bonds is 1. The molecule has 6 heteroatoms. The number of benzene rings is 1. The van der Waals surface area contributed by atoms with Gasteiger partial charge in [-0.3, -0.25) is 5.10 Å². The van der Waals surface area contributed by atoms with Gasteiger partial charge >= 0.3 is 7.12 Å². The van der Waals surface area contributed by atoms with Crippen molar-refractivity contribution in [2.24, 2.45) is 0 Å². The van der Waals surface area contributed by atoms with Gasteiger partial charge in [-0.15, -0.1) is 0 Å². The molecular formula is C13H16BFN2O2. The van der Waals surface area contributed by atoms with Gasteiger partial charge in [0.05, 0.1) is 22.1 Å². The minimum atomic E-state index is -0.583. The van der Waals surface area contributed by atoms with Crippen molar-refractivity contribution in [2.75, 3.05) is 0 Å². The zero-order chi connectivity index (χ0) is 13.8. The number of halogens is 1. The molecule has 2 heterocycles. The topological polar surface area (TPSA) is 47.1 Å². The van der Waals surface area contributed by atoms with E-state index < -0.39 is 24.3 Å². The molecule has 1 aromatic heterocycles. The van der Waals surface area contributed by atoms with E-state index in [-0.39, 0.29) is 0 Å². The Labute approximate surface area is 111 Å². The van der Waals surface area contributed by atoms with Crippen molar-refractivity contribution >= 4 is 23.5 Å². The normalized spacial score (nSPS) is 21.2. The summed E-state index contributed by atoms with van der Waals surface area (Å²) in [5.41, 5.74) is 0.354. The van der Waals surface area contributed by atoms with Crippen LogP contribution in [0, 0.1) is 5.95 Å². The Morgan fingerprint density at radius 3 is 2.42 bits per heavy atom. The predicted octanol–water partition coefficient (Wildman–Crippen LogP) is 2.00. The molecule has 100 valence electrons. The Kier molecular flexibility index (Phi) is 2.53. The third-order valence-electron chi connectivity index (χ3n) is 4.08. The second-order valence-corrected chi connectivity index (χ2v) is 5.87. The van der Waals surface area contributed by atoms with Crippen molar-refractivity contribution in [3.63, 3.8) is 0 Å². The number of hydrogen-bond donors (Lipinski definition) is 1. The smallest absolute Gasteiger partial charge is 0.399 e. The van der Waals surface area contributed by atoms with E-state index in [0.29, 0.717) is 16.4 Å². The number of nitrogens with zero attached hydrogens (tertiary/aromatic N) is 1. The first-order valence-corrected chi connectivity index (χ1v) is 6.30. The number of H-pyrrole nitrogens is 1. The third-order valence-corrected chi connectivity index (χ3v) is 4.08. The monoisotopic (exact) mass is 262 g/mol. The maximum absolute atomic E-state index is 13.8. The number of fused-ring (bicyclic) bond motifs is 1. The number of nitrogens with one attached hydrogen (secondary N) is 1. The van der Waals surface area contributed by atoms with Crippen molar-refractivity contribution < 1.29 is 13.7 Å². The van der Waals surface area contributed by atoms with Crippen LogP contribution in [0.2, 0.25) is 0 Å². The molecule has 0 saturated carbocycles. The van der Waals surface area contributed by atoms with Crippen LogP contribution in [0.25, 0.3) is 10.9 Å². The van der Waals surface area contributed by atoms with Gasteiger partial charge in [0, 0.05) is 0 Å². The van der Waals surface area contributed by atoms with E-state index in [9.17, 15) is 4.39 Å². The van der Waals surface area contributed by atoms with Crippen LogP contribution in [0.5, 0.6) is 0 Å². The molecule has 0 aliphatic carbocycles. The number of aromatic nitrogens is 2. The summed E-state index contributed by atoms with van der Waals surface area (Å²) in [4.78, 5) is 0. The van der Waals surface area contributed by atoms with Crippen LogP contribution in [0.3, 0.4) is 0 Å². The standard InChI is InChI=1S/C13H16BFN2O2/c1-12(2)13(3,4)19-14(18-12)8-6-5-7-9-10(8)11(15)17-16-9/h5-7H,1-4H3,(H,16,17). The fourth-order valence-corrected chi connectivity index (χ4v) is 2.22. The van der Waals surface area contributed by atoms with E-state index in [4.69, 9.17) is 9.31 Å². The SMILES string of the molecule is CC1(C)OB(c2cccc3n[nH]c(F)c23)OC1(C)C. The van der Waals surface area contributed by atoms with Crippen LogP contribution in [0.15, 0.2) is 18.2 Å². The first-order valence-electron chi connectivity index (χ1n) is 6.30. The molecule has 0 bridgehead atoms. The summed E-state index contributed by atoms with van der Waals surface area (Å²) in [5.74, 6) is -0.458. The molecule has 1 aliphatic heterocycles. The van der Waals surface area contributed by atoms with Crippen molar-refractivity contribution in [1.29, 1.82) is 0 Å². The summed E-state index contributed by atoms with van der Waals surface area (Å²) < 4.78 is 25.7. The quantitative estimate of drug-likeness (QED) is 0.799. The maximum atomic E-state index is 13.8. The summed E-state index contributed by atoms with van der Waals surface area (Å²) in [5, 5.41) is 6.70. The Balaban J connectivity index is 2.10. The highest BCUT2D eigenvalue weighted by Gasteiger charge is 2.52. The minimum Gasteiger partial charge on any atom is -0.399 e. The second-order valence-electron chi connectivity index (χ2n) is 5.87. The van der Waals surface area contributed by atoms with Gasteiger partial charge < -0.3 is 9.31 Å². The van der Waals surface area contributed by atoms with Gasteiger partial charge in [-0.25, -0.2) is 0 Å². The lowest BCUT2D eigenvalue weighted by atomic mass is 9.77. The van der Waals surface area contributed by atoms with Gasteiger partial charge in [0.1, 0.15) is 0 Å². The average Bonchev–Trinajstić information content (AvgIpc) is 2.78. The number of aromatic amines is 1. The Morgan fingerprint density at radius 1 is 1.16 bits per heavy atom. The highest BCUT2D eigenvalue weighted by atomic mass is 19.1. The Morgan fingerprint density at radius 2 is 1.79 bits per heavy atom. The Bertz CT molecular complexity index is 623. The first-order chi connectivity index (χ1) is 8.82. The summed E-state index contributed by atoms with van der Waals surface area (Å²) in [7, 11) is -0.583. The molecule has 1 aliphatic rings. The lowest BCUT2D eigenvalue weighted by Gasteiger charge is -2.32. The molecule has 0 amide bonds. The average molecular weight is 262 g/mol. The molecule has 19 heavy (non-hydrogen) atoms. The fourth-order valence-electron chi connectivity index (χ4n) is 2.22. The maximum Gasteiger partial charge on any atom is 0.495 e. The zero-order valence-corrected chi connectivity index (χ0v) is 11.5. The van der Waals surface area contributed by atoms with E-state index in [1.165, 1.54) is 0 Å². The molecule has 1 fully saturated rings. The summed E-state index contributed by atoms with van der Waals surface area (Å²) >= 11 is 0. The molecular weight excluding hydrogens is 246 g/mol. The van der Waals surface area contributed by atoms with Gasteiger partial charge in [0.2, 0.25) is 5.95 Å².